The van der Waals surface area contributed by atoms with Crippen LogP contribution in [-0.4, -0.2) is 69.9 Å². The normalized spacial score (nSPS) is 41.3. The second-order valence-electron chi connectivity index (χ2n) is 3.24. The third-order valence-corrected chi connectivity index (χ3v) is 2.37. The lowest BCUT2D eigenvalue weighted by Gasteiger charge is -2.40. The van der Waals surface area contributed by atoms with Crippen LogP contribution in [0.2, 0.25) is 0 Å². The number of likely N-dealkylation sites (tertiary alicyclic amines) is 1. The van der Waals surface area contributed by atoms with E-state index in [1.165, 1.54) is 0 Å². The van der Waals surface area contributed by atoms with Crippen molar-refractivity contribution in [2.24, 2.45) is 0 Å². The van der Waals surface area contributed by atoms with Crippen LogP contribution in [0.15, 0.2) is 0 Å². The summed E-state index contributed by atoms with van der Waals surface area (Å²) in [5, 5.41) is 36.6. The van der Waals surface area contributed by atoms with Crippen molar-refractivity contribution < 1.29 is 20.4 Å². The summed E-state index contributed by atoms with van der Waals surface area (Å²) >= 11 is 0. The fourth-order valence-corrected chi connectivity index (χ4v) is 1.50. The third-order valence-electron chi connectivity index (χ3n) is 2.37. The minimum atomic E-state index is -1.15. The van der Waals surface area contributed by atoms with E-state index in [-0.39, 0.29) is 25.6 Å². The first-order valence-electron chi connectivity index (χ1n) is 3.93. The van der Waals surface area contributed by atoms with Crippen LogP contribution in [0.4, 0.5) is 0 Å². The van der Waals surface area contributed by atoms with Gasteiger partial charge in [0, 0.05) is 6.54 Å². The summed E-state index contributed by atoms with van der Waals surface area (Å²) in [5.74, 6) is 0. The summed E-state index contributed by atoms with van der Waals surface area (Å²) in [6, 6.07) is -0.483. The zero-order chi connectivity index (χ0) is 9.30. The van der Waals surface area contributed by atoms with Crippen LogP contribution < -0.4 is 0 Å². The number of rotatable bonds is 1. The van der Waals surface area contributed by atoms with Gasteiger partial charge >= 0.3 is 0 Å². The molecule has 0 spiro atoms. The van der Waals surface area contributed by atoms with Gasteiger partial charge in [-0.25, -0.2) is 0 Å². The number of likely N-dealkylation sites (N-methyl/N-ethyl adjacent to an activating group) is 1. The fraction of sp³-hybridized carbons (Fsp3) is 1.00. The SMILES string of the molecule is CN1C[C@H](O)[C@@H](O)[C@H](O)[C@H]1CO.Cl. The molecular weight excluding hydrogens is 198 g/mol. The minimum absolute atomic E-state index is 0. The van der Waals surface area contributed by atoms with Crippen molar-refractivity contribution in [3.8, 4) is 0 Å². The molecule has 1 aliphatic rings. The number of β-amino-alcohol motifs (C(OH)–C–C–N with tert-alkyl or cyclic N) is 1. The van der Waals surface area contributed by atoms with E-state index in [4.69, 9.17) is 5.11 Å². The molecule has 0 unspecified atom stereocenters. The first kappa shape index (κ1) is 13.1. The monoisotopic (exact) mass is 213 g/mol. The van der Waals surface area contributed by atoms with Gasteiger partial charge in [-0.1, -0.05) is 0 Å². The molecule has 0 aromatic rings. The van der Waals surface area contributed by atoms with E-state index in [2.05, 4.69) is 0 Å². The van der Waals surface area contributed by atoms with E-state index in [1.807, 2.05) is 0 Å². The van der Waals surface area contributed by atoms with Crippen molar-refractivity contribution in [1.29, 1.82) is 0 Å². The lowest BCUT2D eigenvalue weighted by molar-refractivity contribution is -0.138. The fourth-order valence-electron chi connectivity index (χ4n) is 1.50. The predicted octanol–water partition coefficient (Wildman–Crippen LogP) is -2.20. The molecule has 0 bridgehead atoms. The molecule has 4 N–H and O–H groups in total. The Bertz CT molecular complexity index is 159. The van der Waals surface area contributed by atoms with Crippen LogP contribution in [-0.2, 0) is 0 Å². The number of aliphatic hydroxyl groups is 4. The Kier molecular flexibility index (Phi) is 5.13. The standard InChI is InChI=1S/C7H15NO4.ClH/c1-8-2-5(10)7(12)6(11)4(8)3-9;/h4-7,9-12H,2-3H2,1H3;1H/t4-,5+,6-,7-;/m1./s1. The minimum Gasteiger partial charge on any atom is -0.395 e. The molecule has 0 amide bonds. The molecular formula is C7H16ClNO4. The smallest absolute Gasteiger partial charge is 0.109 e. The lowest BCUT2D eigenvalue weighted by Crippen LogP contribution is -2.61. The molecule has 4 atom stereocenters. The molecule has 5 nitrogen and oxygen atoms in total. The first-order chi connectivity index (χ1) is 5.57. The van der Waals surface area contributed by atoms with Gasteiger partial charge in [0.1, 0.15) is 12.2 Å². The second kappa shape index (κ2) is 5.09. The van der Waals surface area contributed by atoms with Crippen molar-refractivity contribution in [2.45, 2.75) is 24.4 Å². The molecule has 13 heavy (non-hydrogen) atoms. The Balaban J connectivity index is 0.00000144. The van der Waals surface area contributed by atoms with Crippen LogP contribution in [0.1, 0.15) is 0 Å². The number of hydrogen-bond acceptors (Lipinski definition) is 5. The van der Waals surface area contributed by atoms with E-state index in [1.54, 1.807) is 11.9 Å². The molecule has 1 heterocycles. The molecule has 1 aliphatic heterocycles. The van der Waals surface area contributed by atoms with Crippen LogP contribution in [0.5, 0.6) is 0 Å². The zero-order valence-corrected chi connectivity index (χ0v) is 8.18. The molecule has 80 valence electrons. The molecule has 1 saturated heterocycles. The Morgan fingerprint density at radius 2 is 1.77 bits per heavy atom. The number of nitrogens with zero attached hydrogens (tertiary/aromatic N) is 1. The van der Waals surface area contributed by atoms with E-state index < -0.39 is 24.4 Å². The maximum atomic E-state index is 9.37. The van der Waals surface area contributed by atoms with Crippen molar-refractivity contribution in [2.75, 3.05) is 20.2 Å². The Labute approximate surface area is 83.0 Å². The Morgan fingerprint density at radius 1 is 1.23 bits per heavy atom. The van der Waals surface area contributed by atoms with Crippen LogP contribution in [0.3, 0.4) is 0 Å². The molecule has 1 fully saturated rings. The van der Waals surface area contributed by atoms with Gasteiger partial charge in [-0.3, -0.25) is 4.90 Å². The van der Waals surface area contributed by atoms with Crippen LogP contribution in [0.25, 0.3) is 0 Å². The van der Waals surface area contributed by atoms with Gasteiger partial charge in [0.15, 0.2) is 0 Å². The molecule has 0 saturated carbocycles. The topological polar surface area (TPSA) is 84.2 Å². The van der Waals surface area contributed by atoms with Crippen molar-refractivity contribution in [1.82, 2.24) is 4.90 Å². The molecule has 0 aliphatic carbocycles. The van der Waals surface area contributed by atoms with Gasteiger partial charge in [-0.15, -0.1) is 12.4 Å². The molecule has 1 rings (SSSR count). The van der Waals surface area contributed by atoms with Crippen LogP contribution in [0, 0.1) is 0 Å². The summed E-state index contributed by atoms with van der Waals surface area (Å²) in [5.41, 5.74) is 0. The summed E-state index contributed by atoms with van der Waals surface area (Å²) in [4.78, 5) is 1.63. The predicted molar refractivity (Wildman–Crippen MR) is 48.8 cm³/mol. The van der Waals surface area contributed by atoms with Gasteiger partial charge in [-0.2, -0.15) is 0 Å². The summed E-state index contributed by atoms with van der Waals surface area (Å²) in [7, 11) is 1.68. The number of aliphatic hydroxyl groups excluding tert-OH is 4. The Morgan fingerprint density at radius 3 is 2.23 bits per heavy atom. The third kappa shape index (κ3) is 2.52. The highest BCUT2D eigenvalue weighted by atomic mass is 35.5. The number of halogens is 1. The van der Waals surface area contributed by atoms with E-state index in [9.17, 15) is 15.3 Å². The quantitative estimate of drug-likeness (QED) is 0.397. The van der Waals surface area contributed by atoms with Crippen molar-refractivity contribution in [3.63, 3.8) is 0 Å². The summed E-state index contributed by atoms with van der Waals surface area (Å²) in [6.45, 7) is 0.0465. The maximum Gasteiger partial charge on any atom is 0.109 e. The molecule has 0 radical (unpaired) electrons. The van der Waals surface area contributed by atoms with Crippen molar-refractivity contribution >= 4 is 12.4 Å². The summed E-state index contributed by atoms with van der Waals surface area (Å²) < 4.78 is 0. The highest BCUT2D eigenvalue weighted by Crippen LogP contribution is 2.16. The van der Waals surface area contributed by atoms with E-state index in [0.29, 0.717) is 0 Å². The summed E-state index contributed by atoms with van der Waals surface area (Å²) in [6.07, 6.45) is -3.17. The van der Waals surface area contributed by atoms with Gasteiger partial charge in [0.05, 0.1) is 18.8 Å². The average molecular weight is 214 g/mol. The van der Waals surface area contributed by atoms with Gasteiger partial charge in [0.2, 0.25) is 0 Å². The van der Waals surface area contributed by atoms with Gasteiger partial charge in [0.25, 0.3) is 0 Å². The molecule has 6 heteroatoms. The number of piperidine rings is 1. The second-order valence-corrected chi connectivity index (χ2v) is 3.24. The Hall–Kier alpha value is 0.0900. The maximum absolute atomic E-state index is 9.37. The van der Waals surface area contributed by atoms with E-state index in [0.717, 1.165) is 0 Å². The highest BCUT2D eigenvalue weighted by Gasteiger charge is 2.39. The van der Waals surface area contributed by atoms with E-state index >= 15 is 0 Å². The molecule has 0 aromatic carbocycles. The molecule has 0 aromatic heterocycles. The first-order valence-corrected chi connectivity index (χ1v) is 3.93. The van der Waals surface area contributed by atoms with Crippen molar-refractivity contribution in [3.05, 3.63) is 0 Å². The zero-order valence-electron chi connectivity index (χ0n) is 7.37. The largest absolute Gasteiger partial charge is 0.395 e. The van der Waals surface area contributed by atoms with Crippen LogP contribution >= 0.6 is 12.4 Å². The highest BCUT2D eigenvalue weighted by molar-refractivity contribution is 5.85. The average Bonchev–Trinajstić information content (AvgIpc) is 2.01. The van der Waals surface area contributed by atoms with Gasteiger partial charge < -0.3 is 20.4 Å². The van der Waals surface area contributed by atoms with Gasteiger partial charge in [-0.05, 0) is 7.05 Å². The number of hydrogen-bond donors (Lipinski definition) is 4. The lowest BCUT2D eigenvalue weighted by atomic mass is 9.95.